The first-order valence-corrected chi connectivity index (χ1v) is 24.6. The van der Waals surface area contributed by atoms with Gasteiger partial charge >= 0.3 is 0 Å². The molecule has 0 fully saturated rings. The molecule has 0 saturated heterocycles. The van der Waals surface area contributed by atoms with Crippen LogP contribution in [0.1, 0.15) is 11.1 Å². The first-order valence-electron chi connectivity index (χ1n) is 24.6. The zero-order valence-electron chi connectivity index (χ0n) is 41.0. The highest BCUT2D eigenvalue weighted by Gasteiger charge is 2.26. The maximum atomic E-state index is 16.7. The van der Waals surface area contributed by atoms with Gasteiger partial charge < -0.3 is 9.80 Å². The van der Waals surface area contributed by atoms with Crippen LogP contribution >= 0.6 is 0 Å². The fraction of sp³-hybridized carbons (Fsp3) is 0. The molecule has 12 aromatic rings. The molecule has 0 aromatic heterocycles. The van der Waals surface area contributed by atoms with Crippen molar-refractivity contribution in [3.63, 3.8) is 0 Å². The van der Waals surface area contributed by atoms with Crippen molar-refractivity contribution in [3.8, 4) is 56.6 Å². The van der Waals surface area contributed by atoms with Crippen molar-refractivity contribution in [3.05, 3.63) is 276 Å². The molecule has 0 atom stereocenters. The number of hydrogen-bond donors (Lipinski definition) is 0. The maximum absolute atomic E-state index is 16.7. The number of hydrogen-bond acceptors (Lipinski definition) is 4. The van der Waals surface area contributed by atoms with E-state index >= 15 is 17.6 Å². The molecule has 6 nitrogen and oxygen atoms in total. The van der Waals surface area contributed by atoms with E-state index in [1.54, 1.807) is 58.3 Å². The first-order chi connectivity index (χ1) is 38.1. The summed E-state index contributed by atoms with van der Waals surface area (Å²) in [7, 11) is 0. The standard InChI is InChI=1S/C68H36F4N6/c1-75-55-21-11-45(12-22-55)51-31-49(43-7-3-41(39-73)4-8-43)33-57(35-51)77(65-37-53(69)19-27-61(65)71)63-29-17-47-16-26-60-64(30-18-48-15-25-59(63)67(47)68(48)60)78(66-38-54(70)20-28-62(66)72)58-34-50(44-9-5-42(40-74)6-10-44)32-52(36-58)46-13-23-56(76-2)24-14-46/h3-38H. The second-order valence-electron chi connectivity index (χ2n) is 18.7. The van der Waals surface area contributed by atoms with Crippen molar-refractivity contribution in [1.29, 1.82) is 10.5 Å². The van der Waals surface area contributed by atoms with Crippen LogP contribution < -0.4 is 9.80 Å². The summed E-state index contributed by atoms with van der Waals surface area (Å²) in [4.78, 5) is 10.5. The van der Waals surface area contributed by atoms with E-state index < -0.39 is 23.3 Å². The minimum Gasteiger partial charge on any atom is -0.307 e. The fourth-order valence-electron chi connectivity index (χ4n) is 10.4. The van der Waals surface area contributed by atoms with Gasteiger partial charge in [0, 0.05) is 34.3 Å². The van der Waals surface area contributed by atoms with Crippen molar-refractivity contribution in [2.45, 2.75) is 0 Å². The second kappa shape index (κ2) is 19.7. The van der Waals surface area contributed by atoms with Gasteiger partial charge in [-0.2, -0.15) is 10.5 Å². The summed E-state index contributed by atoms with van der Waals surface area (Å²) >= 11 is 0. The quantitative estimate of drug-likeness (QED) is 0.0778. The predicted octanol–water partition coefficient (Wildman–Crippen LogP) is 19.6. The van der Waals surface area contributed by atoms with Crippen LogP contribution in [0.15, 0.2) is 218 Å². The molecule has 0 N–H and O–H groups in total. The Labute approximate surface area is 446 Å². The maximum Gasteiger partial charge on any atom is 0.187 e. The summed E-state index contributed by atoms with van der Waals surface area (Å²) in [5.74, 6) is -2.69. The van der Waals surface area contributed by atoms with Gasteiger partial charge in [-0.15, -0.1) is 0 Å². The lowest BCUT2D eigenvalue weighted by Gasteiger charge is -2.30. The number of benzene rings is 12. The molecule has 0 amide bonds. The molecule has 0 aliphatic heterocycles. The SMILES string of the molecule is [C-]#[N+]c1ccc(-c2cc(-c3ccc(C#N)cc3)cc(N(c3cc(F)ccc3F)c3ccc4ccc5c(N(c6cc(-c7ccc(C#N)cc7)cc(-c7ccc([N+]#[C-])cc7)c6)c6cc(F)ccc6F)ccc6ccc3c4c65)c2)cc1. The molecular weight excluding hydrogens is 977 g/mol. The molecule has 12 rings (SSSR count). The summed E-state index contributed by atoms with van der Waals surface area (Å²) in [6, 6.07) is 66.4. The lowest BCUT2D eigenvalue weighted by atomic mass is 9.91. The molecule has 78 heavy (non-hydrogen) atoms. The first kappa shape index (κ1) is 47.9. The monoisotopic (exact) mass is 1010 g/mol. The number of rotatable bonds is 10. The van der Waals surface area contributed by atoms with Gasteiger partial charge in [-0.1, -0.05) is 109 Å². The van der Waals surface area contributed by atoms with Crippen LogP contribution in [0.25, 0.3) is 86.5 Å². The molecule has 366 valence electrons. The van der Waals surface area contributed by atoms with Gasteiger partial charge in [-0.05, 0) is 163 Å². The van der Waals surface area contributed by atoms with Gasteiger partial charge in [0.1, 0.15) is 23.3 Å². The van der Waals surface area contributed by atoms with Crippen LogP contribution in [0.4, 0.5) is 63.1 Å². The highest BCUT2D eigenvalue weighted by atomic mass is 19.1. The molecular formula is C68H36F4N6. The van der Waals surface area contributed by atoms with Crippen LogP contribution in [-0.4, -0.2) is 0 Å². The lowest BCUT2D eigenvalue weighted by molar-refractivity contribution is 0.601. The van der Waals surface area contributed by atoms with Crippen molar-refractivity contribution in [2.75, 3.05) is 9.80 Å². The summed E-state index contributed by atoms with van der Waals surface area (Å²) in [5, 5.41) is 23.8. The van der Waals surface area contributed by atoms with Gasteiger partial charge in [0.05, 0.1) is 59.2 Å². The fourth-order valence-corrected chi connectivity index (χ4v) is 10.4. The molecule has 12 aromatic carbocycles. The topological polar surface area (TPSA) is 62.8 Å². The van der Waals surface area contributed by atoms with Gasteiger partial charge in [-0.25, -0.2) is 27.3 Å². The zero-order chi connectivity index (χ0) is 53.6. The molecule has 0 aliphatic rings. The summed E-state index contributed by atoms with van der Waals surface area (Å²) < 4.78 is 64.7. The minimum absolute atomic E-state index is 0.0635. The largest absolute Gasteiger partial charge is 0.307 e. The third-order valence-electron chi connectivity index (χ3n) is 14.1. The van der Waals surface area contributed by atoms with E-state index in [9.17, 15) is 10.5 Å². The molecule has 0 spiro atoms. The Balaban J connectivity index is 1.11. The van der Waals surface area contributed by atoms with E-state index in [-0.39, 0.29) is 11.4 Å². The van der Waals surface area contributed by atoms with Crippen molar-refractivity contribution in [1.82, 2.24) is 0 Å². The highest BCUT2D eigenvalue weighted by molar-refractivity contribution is 6.28. The Morgan fingerprint density at radius 3 is 1.00 bits per heavy atom. The molecule has 0 aliphatic carbocycles. The lowest BCUT2D eigenvalue weighted by Crippen LogP contribution is -2.14. The second-order valence-corrected chi connectivity index (χ2v) is 18.7. The normalized spacial score (nSPS) is 11.0. The van der Waals surface area contributed by atoms with E-state index in [2.05, 4.69) is 21.8 Å². The van der Waals surface area contributed by atoms with Crippen molar-refractivity contribution in [2.24, 2.45) is 0 Å². The number of anilines is 6. The molecule has 0 saturated carbocycles. The van der Waals surface area contributed by atoms with Crippen LogP contribution in [0.3, 0.4) is 0 Å². The van der Waals surface area contributed by atoms with Crippen LogP contribution in [-0.2, 0) is 0 Å². The third kappa shape index (κ3) is 8.68. The Hall–Kier alpha value is -11.0. The molecule has 0 heterocycles. The Morgan fingerprint density at radius 2 is 0.667 bits per heavy atom. The highest BCUT2D eigenvalue weighted by Crippen LogP contribution is 2.50. The summed E-state index contributed by atoms with van der Waals surface area (Å²) in [6.45, 7) is 15.1. The average molecular weight is 1010 g/mol. The number of halogens is 4. The molecule has 0 bridgehead atoms. The van der Waals surface area contributed by atoms with E-state index in [0.717, 1.165) is 102 Å². The third-order valence-corrected chi connectivity index (χ3v) is 14.1. The van der Waals surface area contributed by atoms with Crippen molar-refractivity contribution >= 4 is 77.8 Å². The Kier molecular flexibility index (Phi) is 12.1. The Bertz CT molecular complexity index is 4080. The van der Waals surface area contributed by atoms with E-state index in [4.69, 9.17) is 13.1 Å². The predicted molar refractivity (Wildman–Crippen MR) is 303 cm³/mol. The molecule has 0 radical (unpaired) electrons. The van der Waals surface area contributed by atoms with Crippen molar-refractivity contribution < 1.29 is 17.6 Å². The van der Waals surface area contributed by atoms with Crippen LogP contribution in [0, 0.1) is 59.1 Å². The van der Waals surface area contributed by atoms with Gasteiger partial charge in [0.15, 0.2) is 11.4 Å². The summed E-state index contributed by atoms with van der Waals surface area (Å²) in [5.41, 5.74) is 9.69. The smallest absolute Gasteiger partial charge is 0.187 e. The van der Waals surface area contributed by atoms with Gasteiger partial charge in [-0.3, -0.25) is 0 Å². The Morgan fingerprint density at radius 1 is 0.333 bits per heavy atom. The van der Waals surface area contributed by atoms with E-state index in [1.165, 1.54) is 0 Å². The van der Waals surface area contributed by atoms with Crippen LogP contribution in [0.5, 0.6) is 0 Å². The molecule has 10 heteroatoms. The van der Waals surface area contributed by atoms with Crippen LogP contribution in [0.2, 0.25) is 0 Å². The molecule has 0 unspecified atom stereocenters. The number of nitrogens with zero attached hydrogens (tertiary/aromatic N) is 6. The van der Waals surface area contributed by atoms with E-state index in [1.807, 2.05) is 133 Å². The van der Waals surface area contributed by atoms with Gasteiger partial charge in [0.2, 0.25) is 0 Å². The average Bonchev–Trinajstić information content (AvgIpc) is 3.66. The number of nitriles is 2. The van der Waals surface area contributed by atoms with Gasteiger partial charge in [0.25, 0.3) is 0 Å². The zero-order valence-corrected chi connectivity index (χ0v) is 41.0. The summed E-state index contributed by atoms with van der Waals surface area (Å²) in [6.07, 6.45) is 0. The minimum atomic E-state index is -0.686. The van der Waals surface area contributed by atoms with E-state index in [0.29, 0.717) is 56.0 Å².